The highest BCUT2D eigenvalue weighted by molar-refractivity contribution is 8.18. The molecule has 1 aliphatic rings. The van der Waals surface area contributed by atoms with E-state index in [0.717, 1.165) is 22.0 Å². The zero-order valence-electron chi connectivity index (χ0n) is 19.0. The number of hydrogen-bond donors (Lipinski definition) is 1. The number of carboxylic acid groups (broad SMARTS) is 1. The molecule has 2 heterocycles. The van der Waals surface area contributed by atoms with Crippen LogP contribution >= 0.6 is 35.0 Å². The van der Waals surface area contributed by atoms with Crippen LogP contribution < -0.4 is 0 Å². The van der Waals surface area contributed by atoms with Gasteiger partial charge in [-0.05, 0) is 65.9 Å². The number of halogens is 2. The number of aliphatic imine (C=N–C) groups is 1. The molecule has 1 amide bonds. The molecule has 9 heteroatoms. The van der Waals surface area contributed by atoms with E-state index in [1.807, 2.05) is 48.7 Å². The molecule has 5 rings (SSSR count). The number of likely N-dealkylation sites (N-methyl/N-ethyl adjacent to an activating group) is 1. The highest BCUT2D eigenvalue weighted by Gasteiger charge is 2.30. The number of aromatic carboxylic acids is 1. The maximum Gasteiger partial charge on any atom is 0.335 e. The van der Waals surface area contributed by atoms with E-state index >= 15 is 0 Å². The summed E-state index contributed by atoms with van der Waals surface area (Å²) in [6.45, 7) is 0.555. The summed E-state index contributed by atoms with van der Waals surface area (Å²) in [5.41, 5.74) is 3.62. The lowest BCUT2D eigenvalue weighted by molar-refractivity contribution is -0.121. The van der Waals surface area contributed by atoms with Gasteiger partial charge in [0.05, 0.1) is 16.2 Å². The van der Waals surface area contributed by atoms with E-state index in [1.165, 1.54) is 28.8 Å². The van der Waals surface area contributed by atoms with Crippen molar-refractivity contribution in [2.75, 3.05) is 7.05 Å². The van der Waals surface area contributed by atoms with Crippen molar-refractivity contribution >= 4 is 74.7 Å². The Balaban J connectivity index is 1.47. The fourth-order valence-electron chi connectivity index (χ4n) is 3.94. The quantitative estimate of drug-likeness (QED) is 0.281. The largest absolute Gasteiger partial charge is 0.478 e. The predicted molar refractivity (Wildman–Crippen MR) is 146 cm³/mol. The molecule has 0 spiro atoms. The van der Waals surface area contributed by atoms with Gasteiger partial charge in [0.1, 0.15) is 0 Å². The maximum absolute atomic E-state index is 13.0. The van der Waals surface area contributed by atoms with Crippen LogP contribution in [0, 0.1) is 0 Å². The molecule has 0 radical (unpaired) electrons. The van der Waals surface area contributed by atoms with Crippen molar-refractivity contribution in [1.29, 1.82) is 0 Å². The van der Waals surface area contributed by atoms with Gasteiger partial charge >= 0.3 is 5.97 Å². The lowest BCUT2D eigenvalue weighted by Gasteiger charge is -2.08. The number of carbonyl (C=O) groups is 2. The highest BCUT2D eigenvalue weighted by atomic mass is 35.5. The van der Waals surface area contributed by atoms with Crippen molar-refractivity contribution in [3.05, 3.63) is 105 Å². The molecule has 0 atom stereocenters. The molecular formula is C27H19Cl2N3O3S. The van der Waals surface area contributed by atoms with Crippen LogP contribution in [0.5, 0.6) is 0 Å². The average Bonchev–Trinajstić information content (AvgIpc) is 3.33. The third kappa shape index (κ3) is 4.78. The van der Waals surface area contributed by atoms with Gasteiger partial charge in [-0.25, -0.2) is 9.79 Å². The van der Waals surface area contributed by atoms with Crippen LogP contribution in [-0.2, 0) is 11.3 Å². The normalized spacial score (nSPS) is 16.0. The number of amides is 1. The molecule has 0 saturated carbocycles. The van der Waals surface area contributed by atoms with E-state index in [-0.39, 0.29) is 11.5 Å². The number of hydrogen-bond acceptors (Lipinski definition) is 4. The minimum Gasteiger partial charge on any atom is -0.478 e. The first-order valence-corrected chi connectivity index (χ1v) is 12.5. The Morgan fingerprint density at radius 1 is 1.08 bits per heavy atom. The summed E-state index contributed by atoms with van der Waals surface area (Å²) in [6, 6.07) is 19.7. The third-order valence-corrected chi connectivity index (χ3v) is 7.45. The van der Waals surface area contributed by atoms with Crippen LogP contribution in [0.25, 0.3) is 17.0 Å². The molecule has 1 aliphatic heterocycles. The zero-order valence-corrected chi connectivity index (χ0v) is 21.3. The number of carboxylic acids is 1. The second-order valence-electron chi connectivity index (χ2n) is 8.19. The van der Waals surface area contributed by atoms with Crippen LogP contribution in [0.15, 0.2) is 82.8 Å². The summed E-state index contributed by atoms with van der Waals surface area (Å²) in [7, 11) is 1.67. The average molecular weight is 536 g/mol. The predicted octanol–water partition coefficient (Wildman–Crippen LogP) is 6.93. The minimum absolute atomic E-state index is 0.154. The van der Waals surface area contributed by atoms with E-state index in [0.29, 0.717) is 32.4 Å². The molecule has 0 bridgehead atoms. The lowest BCUT2D eigenvalue weighted by Crippen LogP contribution is -2.23. The Morgan fingerprint density at radius 2 is 1.83 bits per heavy atom. The van der Waals surface area contributed by atoms with Gasteiger partial charge in [-0.1, -0.05) is 47.5 Å². The van der Waals surface area contributed by atoms with Crippen molar-refractivity contribution in [2.45, 2.75) is 6.54 Å². The zero-order chi connectivity index (χ0) is 25.4. The number of benzene rings is 3. The van der Waals surface area contributed by atoms with Crippen molar-refractivity contribution in [3.63, 3.8) is 0 Å². The molecule has 1 fully saturated rings. The molecule has 180 valence electrons. The second kappa shape index (κ2) is 9.85. The number of nitrogens with zero attached hydrogens (tertiary/aromatic N) is 3. The standard InChI is InChI=1S/C27H19Cl2N3O3S/c1-31-25(33)24(36-27(31)30-20-10-7-16(8-11-20)26(34)35)12-18-15-32(23-5-3-2-4-21(18)23)14-17-6-9-19(28)13-22(17)29/h2-13,15H,14H2,1H3,(H,34,35)/b24-12-,30-27?. The van der Waals surface area contributed by atoms with E-state index < -0.39 is 5.97 Å². The van der Waals surface area contributed by atoms with Crippen molar-refractivity contribution in [2.24, 2.45) is 4.99 Å². The minimum atomic E-state index is -1.00. The van der Waals surface area contributed by atoms with Gasteiger partial charge in [-0.3, -0.25) is 9.69 Å². The number of fused-ring (bicyclic) bond motifs is 1. The molecule has 0 aliphatic carbocycles. The Hall–Kier alpha value is -3.52. The summed E-state index contributed by atoms with van der Waals surface area (Å²) >= 11 is 13.7. The first kappa shape index (κ1) is 24.2. The summed E-state index contributed by atoms with van der Waals surface area (Å²) in [6.07, 6.45) is 3.89. The molecule has 3 aromatic carbocycles. The van der Waals surface area contributed by atoms with Crippen LogP contribution in [0.3, 0.4) is 0 Å². The summed E-state index contributed by atoms with van der Waals surface area (Å²) < 4.78 is 2.10. The first-order valence-electron chi connectivity index (χ1n) is 10.9. The second-order valence-corrected chi connectivity index (χ2v) is 10.0. The van der Waals surface area contributed by atoms with E-state index in [9.17, 15) is 9.59 Å². The SMILES string of the molecule is CN1C(=O)/C(=C/c2cn(Cc3ccc(Cl)cc3Cl)c3ccccc23)SC1=Nc1ccc(C(=O)O)cc1. The molecule has 36 heavy (non-hydrogen) atoms. The Kier molecular flexibility index (Phi) is 6.62. The number of aromatic nitrogens is 1. The van der Waals surface area contributed by atoms with Crippen molar-refractivity contribution in [1.82, 2.24) is 9.47 Å². The molecule has 1 saturated heterocycles. The van der Waals surface area contributed by atoms with Gasteiger partial charge in [0, 0.05) is 46.3 Å². The van der Waals surface area contributed by atoms with Crippen LogP contribution in [0.2, 0.25) is 10.0 Å². The van der Waals surface area contributed by atoms with Crippen molar-refractivity contribution < 1.29 is 14.7 Å². The Morgan fingerprint density at radius 3 is 2.56 bits per heavy atom. The number of amidine groups is 1. The summed E-state index contributed by atoms with van der Waals surface area (Å²) in [4.78, 5) is 30.7. The van der Waals surface area contributed by atoms with Gasteiger partial charge < -0.3 is 9.67 Å². The Labute approximate surface area is 221 Å². The molecule has 1 aromatic heterocycles. The maximum atomic E-state index is 13.0. The van der Waals surface area contributed by atoms with Crippen LogP contribution in [0.4, 0.5) is 5.69 Å². The Bertz CT molecular complexity index is 1580. The van der Waals surface area contributed by atoms with Gasteiger partial charge in [-0.15, -0.1) is 0 Å². The van der Waals surface area contributed by atoms with Gasteiger partial charge in [0.25, 0.3) is 5.91 Å². The van der Waals surface area contributed by atoms with Crippen LogP contribution in [-0.4, -0.2) is 38.7 Å². The van der Waals surface area contributed by atoms with E-state index in [1.54, 1.807) is 25.2 Å². The van der Waals surface area contributed by atoms with Gasteiger partial charge in [0.2, 0.25) is 0 Å². The summed E-state index contributed by atoms with van der Waals surface area (Å²) in [5.74, 6) is -1.15. The number of para-hydroxylation sites is 1. The fraction of sp³-hybridized carbons (Fsp3) is 0.0741. The monoisotopic (exact) mass is 535 g/mol. The fourth-order valence-corrected chi connectivity index (χ4v) is 5.38. The highest BCUT2D eigenvalue weighted by Crippen LogP contribution is 2.35. The number of thioether (sulfide) groups is 1. The molecule has 4 aromatic rings. The third-order valence-electron chi connectivity index (χ3n) is 5.80. The first-order chi connectivity index (χ1) is 17.3. The molecular weight excluding hydrogens is 517 g/mol. The molecule has 6 nitrogen and oxygen atoms in total. The van der Waals surface area contributed by atoms with E-state index in [4.69, 9.17) is 28.3 Å². The smallest absolute Gasteiger partial charge is 0.335 e. The van der Waals surface area contributed by atoms with Crippen molar-refractivity contribution in [3.8, 4) is 0 Å². The number of rotatable bonds is 5. The molecule has 1 N–H and O–H groups in total. The van der Waals surface area contributed by atoms with Gasteiger partial charge in [0.15, 0.2) is 5.17 Å². The number of carbonyl (C=O) groups excluding carboxylic acids is 1. The summed E-state index contributed by atoms with van der Waals surface area (Å²) in [5, 5.41) is 11.8. The topological polar surface area (TPSA) is 74.9 Å². The van der Waals surface area contributed by atoms with E-state index in [2.05, 4.69) is 9.56 Å². The lowest BCUT2D eigenvalue weighted by atomic mass is 10.1. The molecule has 0 unspecified atom stereocenters. The van der Waals surface area contributed by atoms with Gasteiger partial charge in [-0.2, -0.15) is 0 Å². The van der Waals surface area contributed by atoms with Crippen LogP contribution in [0.1, 0.15) is 21.5 Å².